The first kappa shape index (κ1) is 13.5. The third-order valence-electron chi connectivity index (χ3n) is 3.04. The molecule has 3 aromatic rings. The maximum atomic E-state index is 12.0. The zero-order chi connectivity index (χ0) is 14.5. The molecule has 104 valence electrons. The van der Waals surface area contributed by atoms with Gasteiger partial charge in [-0.15, -0.1) is 0 Å². The minimum Gasteiger partial charge on any atom is -0.348 e. The summed E-state index contributed by atoms with van der Waals surface area (Å²) < 4.78 is 0. The topological polar surface area (TPSA) is 54.9 Å². The Labute approximate surface area is 126 Å². The zero-order valence-electron chi connectivity index (χ0n) is 11.2. The van der Waals surface area contributed by atoms with Crippen LogP contribution in [-0.4, -0.2) is 15.9 Å². The summed E-state index contributed by atoms with van der Waals surface area (Å²) in [7, 11) is 0. The minimum atomic E-state index is -0.105. The van der Waals surface area contributed by atoms with Gasteiger partial charge in [0, 0.05) is 41.6 Å². The van der Waals surface area contributed by atoms with Gasteiger partial charge in [-0.2, -0.15) is 11.3 Å². The molecule has 0 aliphatic heterocycles. The van der Waals surface area contributed by atoms with Crippen molar-refractivity contribution in [2.75, 3.05) is 0 Å². The molecule has 0 saturated heterocycles. The summed E-state index contributed by atoms with van der Waals surface area (Å²) >= 11 is 1.64. The summed E-state index contributed by atoms with van der Waals surface area (Å²) in [4.78, 5) is 20.2. The number of aromatic nitrogens is 2. The molecule has 3 aromatic heterocycles. The molecule has 4 nitrogen and oxygen atoms in total. The number of rotatable bonds is 4. The Kier molecular flexibility index (Phi) is 4.02. The number of nitrogens with zero attached hydrogens (tertiary/aromatic N) is 2. The van der Waals surface area contributed by atoms with Gasteiger partial charge in [0.15, 0.2) is 0 Å². The van der Waals surface area contributed by atoms with E-state index in [4.69, 9.17) is 0 Å². The van der Waals surface area contributed by atoms with E-state index in [0.717, 1.165) is 16.8 Å². The lowest BCUT2D eigenvalue weighted by Gasteiger charge is -2.06. The van der Waals surface area contributed by atoms with Gasteiger partial charge in [0.1, 0.15) is 0 Å². The van der Waals surface area contributed by atoms with Gasteiger partial charge in [-0.1, -0.05) is 0 Å². The van der Waals surface area contributed by atoms with Crippen LogP contribution in [0.15, 0.2) is 59.7 Å². The van der Waals surface area contributed by atoms with Crippen LogP contribution >= 0.6 is 11.3 Å². The van der Waals surface area contributed by atoms with E-state index < -0.39 is 0 Å². The average Bonchev–Trinajstić information content (AvgIpc) is 3.08. The number of nitrogens with one attached hydrogen (secondary N) is 1. The number of carbonyl (C=O) groups is 1. The van der Waals surface area contributed by atoms with Crippen LogP contribution in [0.5, 0.6) is 0 Å². The van der Waals surface area contributed by atoms with Gasteiger partial charge in [-0.3, -0.25) is 14.8 Å². The summed E-state index contributed by atoms with van der Waals surface area (Å²) in [5.74, 6) is -0.105. The lowest BCUT2D eigenvalue weighted by Crippen LogP contribution is -2.22. The molecule has 0 radical (unpaired) electrons. The SMILES string of the molecule is O=C(NCc1ccnc(-c2ccsc2)c1)c1ccncc1. The van der Waals surface area contributed by atoms with Gasteiger partial charge < -0.3 is 5.32 Å². The molecule has 3 heterocycles. The van der Waals surface area contributed by atoms with Crippen molar-refractivity contribution in [3.63, 3.8) is 0 Å². The van der Waals surface area contributed by atoms with Crippen LogP contribution in [0, 0.1) is 0 Å². The molecule has 0 aliphatic carbocycles. The first-order valence-electron chi connectivity index (χ1n) is 6.48. The monoisotopic (exact) mass is 295 g/mol. The van der Waals surface area contributed by atoms with Gasteiger partial charge in [-0.25, -0.2) is 0 Å². The number of thiophene rings is 1. The van der Waals surface area contributed by atoms with E-state index in [2.05, 4.69) is 20.7 Å². The molecule has 1 amide bonds. The molecule has 0 saturated carbocycles. The molecule has 0 unspecified atom stereocenters. The van der Waals surface area contributed by atoms with E-state index in [1.807, 2.05) is 23.6 Å². The normalized spacial score (nSPS) is 10.3. The van der Waals surface area contributed by atoms with E-state index in [-0.39, 0.29) is 5.91 Å². The molecule has 0 spiro atoms. The van der Waals surface area contributed by atoms with Crippen molar-refractivity contribution in [2.45, 2.75) is 6.54 Å². The van der Waals surface area contributed by atoms with Crippen molar-refractivity contribution in [1.82, 2.24) is 15.3 Å². The molecule has 0 aromatic carbocycles. The second-order valence-corrected chi connectivity index (χ2v) is 5.26. The molecule has 0 atom stereocenters. The van der Waals surface area contributed by atoms with Crippen LogP contribution in [0.25, 0.3) is 11.3 Å². The van der Waals surface area contributed by atoms with E-state index in [9.17, 15) is 4.79 Å². The molecule has 3 rings (SSSR count). The van der Waals surface area contributed by atoms with E-state index in [0.29, 0.717) is 12.1 Å². The number of amides is 1. The van der Waals surface area contributed by atoms with E-state index in [1.165, 1.54) is 0 Å². The smallest absolute Gasteiger partial charge is 0.251 e. The maximum absolute atomic E-state index is 12.0. The summed E-state index contributed by atoms with van der Waals surface area (Å²) in [6.45, 7) is 0.473. The molecule has 1 N–H and O–H groups in total. The number of hydrogen-bond acceptors (Lipinski definition) is 4. The van der Waals surface area contributed by atoms with Gasteiger partial charge >= 0.3 is 0 Å². The molecule has 0 bridgehead atoms. The summed E-state index contributed by atoms with van der Waals surface area (Å²) in [5, 5.41) is 6.98. The van der Waals surface area contributed by atoms with Gasteiger partial charge in [0.25, 0.3) is 5.91 Å². The first-order valence-corrected chi connectivity index (χ1v) is 7.43. The first-order chi connectivity index (χ1) is 10.3. The van der Waals surface area contributed by atoms with Crippen molar-refractivity contribution in [3.05, 3.63) is 70.8 Å². The second-order valence-electron chi connectivity index (χ2n) is 4.48. The van der Waals surface area contributed by atoms with Crippen LogP contribution in [0.4, 0.5) is 0 Å². The van der Waals surface area contributed by atoms with Gasteiger partial charge in [0.05, 0.1) is 5.69 Å². The Balaban J connectivity index is 1.69. The highest BCUT2D eigenvalue weighted by atomic mass is 32.1. The lowest BCUT2D eigenvalue weighted by atomic mass is 10.1. The summed E-state index contributed by atoms with van der Waals surface area (Å²) in [6, 6.07) is 9.32. The zero-order valence-corrected chi connectivity index (χ0v) is 12.0. The van der Waals surface area contributed by atoms with Crippen LogP contribution < -0.4 is 5.32 Å². The molecular weight excluding hydrogens is 282 g/mol. The second kappa shape index (κ2) is 6.28. The Morgan fingerprint density at radius 2 is 2.00 bits per heavy atom. The Morgan fingerprint density at radius 1 is 1.14 bits per heavy atom. The standard InChI is InChI=1S/C16H13N3OS/c20-16(13-2-5-17-6-3-13)19-10-12-1-7-18-15(9-12)14-4-8-21-11-14/h1-9,11H,10H2,(H,19,20). The summed E-state index contributed by atoms with van der Waals surface area (Å²) in [5.41, 5.74) is 3.65. The fraction of sp³-hybridized carbons (Fsp3) is 0.0625. The maximum Gasteiger partial charge on any atom is 0.251 e. The van der Waals surface area contributed by atoms with Crippen LogP contribution in [-0.2, 0) is 6.54 Å². The molecule has 21 heavy (non-hydrogen) atoms. The third kappa shape index (κ3) is 3.32. The predicted octanol–water partition coefficient (Wildman–Crippen LogP) is 3.14. The molecule has 0 fully saturated rings. The third-order valence-corrected chi connectivity index (χ3v) is 3.72. The Bertz CT molecular complexity index is 726. The Morgan fingerprint density at radius 3 is 2.76 bits per heavy atom. The summed E-state index contributed by atoms with van der Waals surface area (Å²) in [6.07, 6.45) is 4.98. The van der Waals surface area contributed by atoms with E-state index in [1.54, 1.807) is 42.1 Å². The van der Waals surface area contributed by atoms with Crippen molar-refractivity contribution in [2.24, 2.45) is 0 Å². The van der Waals surface area contributed by atoms with Crippen molar-refractivity contribution < 1.29 is 4.79 Å². The average molecular weight is 295 g/mol. The van der Waals surface area contributed by atoms with Crippen molar-refractivity contribution in [3.8, 4) is 11.3 Å². The van der Waals surface area contributed by atoms with Crippen LogP contribution in [0.3, 0.4) is 0 Å². The molecule has 5 heteroatoms. The van der Waals surface area contributed by atoms with Crippen molar-refractivity contribution >= 4 is 17.2 Å². The van der Waals surface area contributed by atoms with Crippen molar-refractivity contribution in [1.29, 1.82) is 0 Å². The largest absolute Gasteiger partial charge is 0.348 e. The number of pyridine rings is 2. The fourth-order valence-electron chi connectivity index (χ4n) is 1.94. The van der Waals surface area contributed by atoms with E-state index >= 15 is 0 Å². The fourth-order valence-corrected chi connectivity index (χ4v) is 2.59. The highest BCUT2D eigenvalue weighted by Crippen LogP contribution is 2.20. The number of carbonyl (C=O) groups excluding carboxylic acids is 1. The van der Waals surface area contributed by atoms with Gasteiger partial charge in [0.2, 0.25) is 0 Å². The predicted molar refractivity (Wildman–Crippen MR) is 83.0 cm³/mol. The quantitative estimate of drug-likeness (QED) is 0.804. The van der Waals surface area contributed by atoms with Crippen LogP contribution in [0.2, 0.25) is 0 Å². The lowest BCUT2D eigenvalue weighted by molar-refractivity contribution is 0.0951. The molecule has 0 aliphatic rings. The van der Waals surface area contributed by atoms with Gasteiger partial charge in [-0.05, 0) is 41.3 Å². The van der Waals surface area contributed by atoms with Crippen LogP contribution in [0.1, 0.15) is 15.9 Å². The Hall–Kier alpha value is -2.53. The minimum absolute atomic E-state index is 0.105. The number of hydrogen-bond donors (Lipinski definition) is 1. The highest BCUT2D eigenvalue weighted by Gasteiger charge is 2.05. The highest BCUT2D eigenvalue weighted by molar-refractivity contribution is 7.08. The molecular formula is C16H13N3OS.